The molecule has 0 spiro atoms. The second-order valence-electron chi connectivity index (χ2n) is 4.36. The summed E-state index contributed by atoms with van der Waals surface area (Å²) in [4.78, 5) is 6.81. The number of halogens is 1. The number of methoxy groups -OCH3 is 1. The number of alkyl halides is 1. The van der Waals surface area contributed by atoms with E-state index in [9.17, 15) is 0 Å². The first-order valence-corrected chi connectivity index (χ1v) is 7.01. The molecule has 4 heteroatoms. The van der Waals surface area contributed by atoms with Crippen molar-refractivity contribution in [2.75, 3.05) is 31.7 Å². The third kappa shape index (κ3) is 2.99. The van der Waals surface area contributed by atoms with E-state index in [0.29, 0.717) is 12.5 Å². The van der Waals surface area contributed by atoms with Crippen LogP contribution in [0.2, 0.25) is 0 Å². The molecule has 2 rings (SSSR count). The molecule has 1 aromatic carbocycles. The van der Waals surface area contributed by atoms with Gasteiger partial charge in [0, 0.05) is 37.7 Å². The zero-order chi connectivity index (χ0) is 13.7. The van der Waals surface area contributed by atoms with Gasteiger partial charge in [0.1, 0.15) is 5.82 Å². The van der Waals surface area contributed by atoms with E-state index in [1.165, 1.54) is 5.39 Å². The van der Waals surface area contributed by atoms with E-state index >= 15 is 0 Å². The minimum absolute atomic E-state index is 0.484. The van der Waals surface area contributed by atoms with Crippen LogP contribution in [0.3, 0.4) is 0 Å². The van der Waals surface area contributed by atoms with Crippen LogP contribution in [-0.4, -0.2) is 31.8 Å². The predicted molar refractivity (Wildman–Crippen MR) is 81.1 cm³/mol. The van der Waals surface area contributed by atoms with Gasteiger partial charge in [-0.2, -0.15) is 0 Å². The molecule has 0 radical (unpaired) electrons. The molecule has 1 aromatic heterocycles. The monoisotopic (exact) mass is 278 g/mol. The highest BCUT2D eigenvalue weighted by Gasteiger charge is 2.11. The van der Waals surface area contributed by atoms with Crippen LogP contribution in [0.15, 0.2) is 30.5 Å². The predicted octanol–water partition coefficient (Wildman–Crippen LogP) is 3.45. The van der Waals surface area contributed by atoms with Gasteiger partial charge >= 0.3 is 0 Å². The van der Waals surface area contributed by atoms with Crippen molar-refractivity contribution in [2.45, 2.75) is 12.8 Å². The molecule has 0 amide bonds. The quantitative estimate of drug-likeness (QED) is 0.757. The van der Waals surface area contributed by atoms with Crippen LogP contribution in [0.1, 0.15) is 12.5 Å². The second-order valence-corrected chi connectivity index (χ2v) is 4.63. The first-order valence-electron chi connectivity index (χ1n) is 6.48. The Kier molecular flexibility index (Phi) is 5.00. The Labute approximate surface area is 119 Å². The highest BCUT2D eigenvalue weighted by Crippen LogP contribution is 2.27. The van der Waals surface area contributed by atoms with E-state index in [2.05, 4.69) is 28.9 Å². The maximum Gasteiger partial charge on any atom is 0.136 e. The standard InChI is InChI=1S/C15H19ClN2O/c1-3-18(8-9-19-2)15-14-7-5-4-6-13(14)12(10-16)11-17-15/h4-7,11H,3,8-10H2,1-2H3. The van der Waals surface area contributed by atoms with Gasteiger partial charge in [-0.3, -0.25) is 0 Å². The minimum Gasteiger partial charge on any atom is -0.383 e. The molecule has 0 bridgehead atoms. The molecule has 0 saturated carbocycles. The Morgan fingerprint density at radius 2 is 2.00 bits per heavy atom. The Morgan fingerprint density at radius 1 is 1.26 bits per heavy atom. The van der Waals surface area contributed by atoms with Crippen LogP contribution in [0.25, 0.3) is 10.8 Å². The number of benzene rings is 1. The average Bonchev–Trinajstić information content (AvgIpc) is 2.48. The summed E-state index contributed by atoms with van der Waals surface area (Å²) in [6.07, 6.45) is 1.88. The van der Waals surface area contributed by atoms with Gasteiger partial charge in [0.05, 0.1) is 6.61 Å². The zero-order valence-corrected chi connectivity index (χ0v) is 12.2. The normalized spacial score (nSPS) is 10.9. The van der Waals surface area contributed by atoms with Gasteiger partial charge in [0.15, 0.2) is 0 Å². The summed E-state index contributed by atoms with van der Waals surface area (Å²) in [5.41, 5.74) is 1.07. The lowest BCUT2D eigenvalue weighted by Gasteiger charge is -2.23. The molecule has 0 aliphatic rings. The number of ether oxygens (including phenoxy) is 1. The number of likely N-dealkylation sites (N-methyl/N-ethyl adjacent to an activating group) is 1. The van der Waals surface area contributed by atoms with E-state index < -0.39 is 0 Å². The van der Waals surface area contributed by atoms with Crippen LogP contribution in [0, 0.1) is 0 Å². The van der Waals surface area contributed by atoms with E-state index in [1.807, 2.05) is 18.3 Å². The molecule has 19 heavy (non-hydrogen) atoms. The highest BCUT2D eigenvalue weighted by molar-refractivity contribution is 6.18. The molecule has 0 saturated heterocycles. The summed E-state index contributed by atoms with van der Waals surface area (Å²) in [6, 6.07) is 8.27. The fraction of sp³-hybridized carbons (Fsp3) is 0.400. The molecule has 0 fully saturated rings. The van der Waals surface area contributed by atoms with Crippen LogP contribution in [0.5, 0.6) is 0 Å². The number of anilines is 1. The molecular weight excluding hydrogens is 260 g/mol. The molecule has 0 aliphatic carbocycles. The van der Waals surface area contributed by atoms with Crippen molar-refractivity contribution in [1.82, 2.24) is 4.98 Å². The van der Waals surface area contributed by atoms with Crippen molar-refractivity contribution in [2.24, 2.45) is 0 Å². The first-order chi connectivity index (χ1) is 9.31. The van der Waals surface area contributed by atoms with Crippen molar-refractivity contribution >= 4 is 28.2 Å². The topological polar surface area (TPSA) is 25.4 Å². The van der Waals surface area contributed by atoms with Crippen LogP contribution in [-0.2, 0) is 10.6 Å². The minimum atomic E-state index is 0.484. The lowest BCUT2D eigenvalue weighted by Crippen LogP contribution is -2.27. The number of fused-ring (bicyclic) bond motifs is 1. The average molecular weight is 279 g/mol. The lowest BCUT2D eigenvalue weighted by molar-refractivity contribution is 0.205. The van der Waals surface area contributed by atoms with Crippen molar-refractivity contribution in [1.29, 1.82) is 0 Å². The molecular formula is C15H19ClN2O. The largest absolute Gasteiger partial charge is 0.383 e. The molecule has 0 atom stereocenters. The van der Waals surface area contributed by atoms with Gasteiger partial charge in [0.25, 0.3) is 0 Å². The molecule has 0 unspecified atom stereocenters. The van der Waals surface area contributed by atoms with Gasteiger partial charge in [-0.1, -0.05) is 24.3 Å². The fourth-order valence-corrected chi connectivity index (χ4v) is 2.42. The third-order valence-electron chi connectivity index (χ3n) is 3.25. The van der Waals surface area contributed by atoms with Gasteiger partial charge in [-0.15, -0.1) is 11.6 Å². The Balaban J connectivity index is 2.48. The van der Waals surface area contributed by atoms with Crippen LogP contribution < -0.4 is 4.90 Å². The van der Waals surface area contributed by atoms with Gasteiger partial charge < -0.3 is 9.64 Å². The Morgan fingerprint density at radius 3 is 2.63 bits per heavy atom. The molecule has 0 aliphatic heterocycles. The number of aromatic nitrogens is 1. The summed E-state index contributed by atoms with van der Waals surface area (Å²) in [6.45, 7) is 4.56. The third-order valence-corrected chi connectivity index (χ3v) is 3.54. The maximum atomic E-state index is 5.98. The van der Waals surface area contributed by atoms with E-state index in [0.717, 1.165) is 29.9 Å². The molecule has 1 heterocycles. The molecule has 3 nitrogen and oxygen atoms in total. The summed E-state index contributed by atoms with van der Waals surface area (Å²) < 4.78 is 5.16. The number of nitrogens with zero attached hydrogens (tertiary/aromatic N) is 2. The lowest BCUT2D eigenvalue weighted by atomic mass is 10.1. The smallest absolute Gasteiger partial charge is 0.136 e. The second kappa shape index (κ2) is 6.73. The highest BCUT2D eigenvalue weighted by atomic mass is 35.5. The van der Waals surface area contributed by atoms with Gasteiger partial charge in [-0.25, -0.2) is 4.98 Å². The number of hydrogen-bond acceptors (Lipinski definition) is 3. The summed E-state index contributed by atoms with van der Waals surface area (Å²) in [5.74, 6) is 1.49. The van der Waals surface area contributed by atoms with Crippen molar-refractivity contribution in [3.63, 3.8) is 0 Å². The Hall–Kier alpha value is -1.32. The summed E-state index contributed by atoms with van der Waals surface area (Å²) in [7, 11) is 1.72. The SMILES string of the molecule is CCN(CCOC)c1ncc(CCl)c2ccccc12. The van der Waals surface area contributed by atoms with Gasteiger partial charge in [-0.05, 0) is 17.9 Å². The van der Waals surface area contributed by atoms with E-state index in [1.54, 1.807) is 7.11 Å². The van der Waals surface area contributed by atoms with Crippen LogP contribution in [0.4, 0.5) is 5.82 Å². The maximum absolute atomic E-state index is 5.98. The molecule has 102 valence electrons. The van der Waals surface area contributed by atoms with Crippen molar-refractivity contribution < 1.29 is 4.74 Å². The van der Waals surface area contributed by atoms with Crippen molar-refractivity contribution in [3.8, 4) is 0 Å². The van der Waals surface area contributed by atoms with Gasteiger partial charge in [0.2, 0.25) is 0 Å². The summed E-state index contributed by atoms with van der Waals surface area (Å²) in [5, 5.41) is 2.33. The van der Waals surface area contributed by atoms with E-state index in [4.69, 9.17) is 16.3 Å². The fourth-order valence-electron chi connectivity index (χ4n) is 2.21. The number of pyridine rings is 1. The van der Waals surface area contributed by atoms with Crippen LogP contribution >= 0.6 is 11.6 Å². The first kappa shape index (κ1) is 14.1. The summed E-state index contributed by atoms with van der Waals surface area (Å²) >= 11 is 5.98. The Bertz CT molecular complexity index is 545. The number of hydrogen-bond donors (Lipinski definition) is 0. The molecule has 0 N–H and O–H groups in total. The zero-order valence-electron chi connectivity index (χ0n) is 11.4. The molecule has 2 aromatic rings. The number of rotatable bonds is 6. The van der Waals surface area contributed by atoms with Crippen molar-refractivity contribution in [3.05, 3.63) is 36.0 Å². The van der Waals surface area contributed by atoms with E-state index in [-0.39, 0.29) is 0 Å².